The molecule has 1 atom stereocenters. The largest absolute Gasteiger partial charge is 0.369 e. The number of carbonyl (C=O) groups excluding carboxylic acids is 2. The first-order valence-corrected chi connectivity index (χ1v) is 6.24. The SMILES string of the molecule is NCc1cccc(NC(=O)N2CCC(C(N)=O)C2)c1. The highest BCUT2D eigenvalue weighted by molar-refractivity contribution is 5.90. The first-order valence-electron chi connectivity index (χ1n) is 6.24. The van der Waals surface area contributed by atoms with Crippen molar-refractivity contribution in [2.75, 3.05) is 18.4 Å². The van der Waals surface area contributed by atoms with Crippen molar-refractivity contribution >= 4 is 17.6 Å². The third kappa shape index (κ3) is 3.23. The average molecular weight is 262 g/mol. The second-order valence-electron chi connectivity index (χ2n) is 4.67. The lowest BCUT2D eigenvalue weighted by atomic mass is 10.1. The lowest BCUT2D eigenvalue weighted by molar-refractivity contribution is -0.121. The van der Waals surface area contributed by atoms with Crippen LogP contribution in [0.2, 0.25) is 0 Å². The van der Waals surface area contributed by atoms with Crippen LogP contribution in [0.5, 0.6) is 0 Å². The number of nitrogens with zero attached hydrogens (tertiary/aromatic N) is 1. The number of urea groups is 1. The van der Waals surface area contributed by atoms with Gasteiger partial charge in [0.25, 0.3) is 0 Å². The molecule has 0 radical (unpaired) electrons. The van der Waals surface area contributed by atoms with Gasteiger partial charge in [0.05, 0.1) is 5.92 Å². The van der Waals surface area contributed by atoms with Crippen LogP contribution in [0.15, 0.2) is 24.3 Å². The van der Waals surface area contributed by atoms with Crippen molar-refractivity contribution in [1.29, 1.82) is 0 Å². The number of nitrogens with two attached hydrogens (primary N) is 2. The third-order valence-electron chi connectivity index (χ3n) is 3.29. The van der Waals surface area contributed by atoms with Crippen molar-refractivity contribution in [2.45, 2.75) is 13.0 Å². The van der Waals surface area contributed by atoms with Crippen LogP contribution < -0.4 is 16.8 Å². The zero-order chi connectivity index (χ0) is 13.8. The van der Waals surface area contributed by atoms with E-state index in [9.17, 15) is 9.59 Å². The topological polar surface area (TPSA) is 101 Å². The van der Waals surface area contributed by atoms with E-state index in [4.69, 9.17) is 11.5 Å². The van der Waals surface area contributed by atoms with Gasteiger partial charge < -0.3 is 21.7 Å². The number of anilines is 1. The van der Waals surface area contributed by atoms with Crippen LogP contribution in [0.1, 0.15) is 12.0 Å². The summed E-state index contributed by atoms with van der Waals surface area (Å²) in [6.45, 7) is 1.37. The summed E-state index contributed by atoms with van der Waals surface area (Å²) >= 11 is 0. The second kappa shape index (κ2) is 5.71. The number of hydrogen-bond acceptors (Lipinski definition) is 3. The van der Waals surface area contributed by atoms with Crippen LogP contribution in [-0.4, -0.2) is 29.9 Å². The third-order valence-corrected chi connectivity index (χ3v) is 3.29. The van der Waals surface area contributed by atoms with E-state index in [1.54, 1.807) is 11.0 Å². The maximum absolute atomic E-state index is 12.0. The Hall–Kier alpha value is -2.08. The molecule has 6 nitrogen and oxygen atoms in total. The summed E-state index contributed by atoms with van der Waals surface area (Å²) in [5.41, 5.74) is 12.4. The van der Waals surface area contributed by atoms with Crippen molar-refractivity contribution in [1.82, 2.24) is 4.90 Å². The number of likely N-dealkylation sites (tertiary alicyclic amines) is 1. The van der Waals surface area contributed by atoms with E-state index in [1.807, 2.05) is 18.2 Å². The highest BCUT2D eigenvalue weighted by Gasteiger charge is 2.29. The van der Waals surface area contributed by atoms with Crippen LogP contribution in [0, 0.1) is 5.92 Å². The Morgan fingerprint density at radius 2 is 2.21 bits per heavy atom. The van der Waals surface area contributed by atoms with E-state index in [-0.39, 0.29) is 17.9 Å². The minimum absolute atomic E-state index is 0.210. The van der Waals surface area contributed by atoms with Gasteiger partial charge in [0.2, 0.25) is 5.91 Å². The van der Waals surface area contributed by atoms with E-state index in [0.717, 1.165) is 5.56 Å². The van der Waals surface area contributed by atoms with Gasteiger partial charge in [-0.2, -0.15) is 0 Å². The molecule has 5 N–H and O–H groups in total. The molecule has 1 aliphatic heterocycles. The van der Waals surface area contributed by atoms with Crippen LogP contribution in [0.25, 0.3) is 0 Å². The lowest BCUT2D eigenvalue weighted by Gasteiger charge is -2.17. The van der Waals surface area contributed by atoms with E-state index >= 15 is 0 Å². The molecule has 0 spiro atoms. The number of rotatable bonds is 3. The first-order chi connectivity index (χ1) is 9.10. The maximum Gasteiger partial charge on any atom is 0.321 e. The summed E-state index contributed by atoms with van der Waals surface area (Å²) in [6, 6.07) is 7.17. The molecule has 19 heavy (non-hydrogen) atoms. The number of benzene rings is 1. The van der Waals surface area contributed by atoms with Gasteiger partial charge in [-0.3, -0.25) is 4.79 Å². The fourth-order valence-electron chi connectivity index (χ4n) is 2.16. The Bertz CT molecular complexity index is 489. The van der Waals surface area contributed by atoms with Crippen molar-refractivity contribution in [3.63, 3.8) is 0 Å². The number of primary amides is 1. The van der Waals surface area contributed by atoms with Gasteiger partial charge in [-0.05, 0) is 24.1 Å². The normalized spacial score (nSPS) is 18.4. The van der Waals surface area contributed by atoms with Crippen LogP contribution in [0.4, 0.5) is 10.5 Å². The molecule has 1 unspecified atom stereocenters. The lowest BCUT2D eigenvalue weighted by Crippen LogP contribution is -2.34. The molecule has 102 valence electrons. The Morgan fingerprint density at radius 3 is 2.84 bits per heavy atom. The van der Waals surface area contributed by atoms with E-state index < -0.39 is 0 Å². The summed E-state index contributed by atoms with van der Waals surface area (Å²) in [6.07, 6.45) is 0.631. The van der Waals surface area contributed by atoms with Crippen molar-refractivity contribution in [2.24, 2.45) is 17.4 Å². The Labute approximate surface area is 111 Å². The average Bonchev–Trinajstić information content (AvgIpc) is 2.89. The van der Waals surface area contributed by atoms with Gasteiger partial charge in [0.1, 0.15) is 0 Å². The van der Waals surface area contributed by atoms with Crippen LogP contribution in [-0.2, 0) is 11.3 Å². The van der Waals surface area contributed by atoms with E-state index in [1.165, 1.54) is 0 Å². The summed E-state index contributed by atoms with van der Waals surface area (Å²) in [4.78, 5) is 24.7. The van der Waals surface area contributed by atoms with Crippen LogP contribution >= 0.6 is 0 Å². The number of hydrogen-bond donors (Lipinski definition) is 3. The molecular formula is C13H18N4O2. The molecule has 1 aromatic carbocycles. The molecule has 1 heterocycles. The fourth-order valence-corrected chi connectivity index (χ4v) is 2.16. The Morgan fingerprint density at radius 1 is 1.42 bits per heavy atom. The smallest absolute Gasteiger partial charge is 0.321 e. The van der Waals surface area contributed by atoms with Crippen LogP contribution in [0.3, 0.4) is 0 Å². The number of amides is 3. The highest BCUT2D eigenvalue weighted by atomic mass is 16.2. The highest BCUT2D eigenvalue weighted by Crippen LogP contribution is 2.17. The molecule has 0 aromatic heterocycles. The second-order valence-corrected chi connectivity index (χ2v) is 4.67. The van der Waals surface area contributed by atoms with Crippen molar-refractivity contribution in [3.8, 4) is 0 Å². The summed E-state index contributed by atoms with van der Waals surface area (Å²) < 4.78 is 0. The molecule has 1 aliphatic rings. The van der Waals surface area contributed by atoms with Gasteiger partial charge in [-0.25, -0.2) is 4.79 Å². The molecule has 1 saturated heterocycles. The predicted octanol–water partition coefficient (Wildman–Crippen LogP) is 0.484. The molecule has 1 fully saturated rings. The van der Waals surface area contributed by atoms with E-state index in [2.05, 4.69) is 5.32 Å². The maximum atomic E-state index is 12.0. The molecular weight excluding hydrogens is 244 g/mol. The zero-order valence-electron chi connectivity index (χ0n) is 10.6. The molecule has 2 rings (SSSR count). The molecule has 0 bridgehead atoms. The molecule has 0 saturated carbocycles. The van der Waals surface area contributed by atoms with E-state index in [0.29, 0.717) is 31.7 Å². The fraction of sp³-hybridized carbons (Fsp3) is 0.385. The molecule has 1 aromatic rings. The van der Waals surface area contributed by atoms with Gasteiger partial charge in [0, 0.05) is 25.3 Å². The minimum Gasteiger partial charge on any atom is -0.369 e. The first kappa shape index (κ1) is 13.4. The summed E-state index contributed by atoms with van der Waals surface area (Å²) in [7, 11) is 0. The van der Waals surface area contributed by atoms with Crippen molar-refractivity contribution in [3.05, 3.63) is 29.8 Å². The summed E-state index contributed by atoms with van der Waals surface area (Å²) in [5, 5.41) is 2.80. The van der Waals surface area contributed by atoms with Crippen molar-refractivity contribution < 1.29 is 9.59 Å². The van der Waals surface area contributed by atoms with Gasteiger partial charge >= 0.3 is 6.03 Å². The monoisotopic (exact) mass is 262 g/mol. The number of carbonyl (C=O) groups is 2. The minimum atomic E-state index is -0.347. The standard InChI is InChI=1S/C13H18N4O2/c14-7-9-2-1-3-11(6-9)16-13(19)17-5-4-10(8-17)12(15)18/h1-3,6,10H,4-5,7-8,14H2,(H2,15,18)(H,16,19). The predicted molar refractivity (Wildman–Crippen MR) is 72.2 cm³/mol. The molecule has 0 aliphatic carbocycles. The summed E-state index contributed by atoms with van der Waals surface area (Å²) in [5.74, 6) is -0.582. The number of nitrogens with one attached hydrogen (secondary N) is 1. The Balaban J connectivity index is 1.96. The molecule has 3 amide bonds. The Kier molecular flexibility index (Phi) is 4.01. The van der Waals surface area contributed by atoms with Gasteiger partial charge in [-0.1, -0.05) is 12.1 Å². The van der Waals surface area contributed by atoms with Gasteiger partial charge in [-0.15, -0.1) is 0 Å². The zero-order valence-corrected chi connectivity index (χ0v) is 10.6. The molecule has 6 heteroatoms. The quantitative estimate of drug-likeness (QED) is 0.738. The van der Waals surface area contributed by atoms with Gasteiger partial charge in [0.15, 0.2) is 0 Å².